The number of carbonyl (C=O) groups is 2. The van der Waals surface area contributed by atoms with Crippen LogP contribution in [-0.4, -0.2) is 23.8 Å². The summed E-state index contributed by atoms with van der Waals surface area (Å²) in [5.41, 5.74) is -2.33. The number of esters is 1. The first kappa shape index (κ1) is 18.7. The van der Waals surface area contributed by atoms with E-state index in [1.807, 2.05) is 0 Å². The highest BCUT2D eigenvalue weighted by Gasteiger charge is 2.29. The van der Waals surface area contributed by atoms with E-state index in [0.717, 1.165) is 13.2 Å². The van der Waals surface area contributed by atoms with Gasteiger partial charge in [-0.2, -0.15) is 5.26 Å². The number of hydrogen-bond donors (Lipinski definition) is 0. The molecule has 2 aromatic carbocycles. The smallest absolute Gasteiger partial charge is 0.338 e. The van der Waals surface area contributed by atoms with Gasteiger partial charge in [0, 0.05) is 6.42 Å². The maximum Gasteiger partial charge on any atom is 0.338 e. The van der Waals surface area contributed by atoms with Crippen molar-refractivity contribution in [2.75, 3.05) is 7.11 Å². The number of nitro groups is 1. The van der Waals surface area contributed by atoms with E-state index in [0.29, 0.717) is 12.1 Å². The molecular weight excluding hydrogens is 350 g/mol. The summed E-state index contributed by atoms with van der Waals surface area (Å²) in [7, 11) is 0.966. The number of methoxy groups -OCH3 is 1. The molecule has 0 atom stereocenters. The molecule has 0 aromatic heterocycles. The first-order valence-corrected chi connectivity index (χ1v) is 7.06. The van der Waals surface area contributed by atoms with E-state index < -0.39 is 51.5 Å². The van der Waals surface area contributed by atoms with Gasteiger partial charge in [0.15, 0.2) is 5.78 Å². The Hall–Kier alpha value is -3.67. The number of hydrogen-bond acceptors (Lipinski definition) is 6. The molecule has 0 N–H and O–H groups in total. The molecule has 132 valence electrons. The van der Waals surface area contributed by atoms with Crippen molar-refractivity contribution in [3.8, 4) is 6.07 Å². The van der Waals surface area contributed by atoms with Gasteiger partial charge < -0.3 is 4.74 Å². The van der Waals surface area contributed by atoms with Crippen LogP contribution in [0.1, 0.15) is 31.8 Å². The Balaban J connectivity index is 2.56. The lowest BCUT2D eigenvalue weighted by Crippen LogP contribution is -2.16. The molecule has 0 bridgehead atoms. The van der Waals surface area contributed by atoms with Gasteiger partial charge in [-0.05, 0) is 23.8 Å². The predicted molar refractivity (Wildman–Crippen MR) is 83.5 cm³/mol. The number of Topliss-reactive ketones (excluding diaryl/α,β-unsaturated/α-hetero) is 1. The lowest BCUT2D eigenvalue weighted by Gasteiger charge is -2.09. The molecule has 0 aliphatic heterocycles. The number of nitro benzene ring substituents is 1. The Morgan fingerprint density at radius 1 is 1.27 bits per heavy atom. The molecule has 0 aliphatic carbocycles. The molecule has 9 heteroatoms. The van der Waals surface area contributed by atoms with E-state index in [9.17, 15) is 28.5 Å². The van der Waals surface area contributed by atoms with Crippen LogP contribution in [0.3, 0.4) is 0 Å². The zero-order valence-corrected chi connectivity index (χ0v) is 13.3. The Kier molecular flexibility index (Phi) is 5.37. The molecule has 0 aliphatic rings. The second-order valence-electron chi connectivity index (χ2n) is 5.11. The number of ketones is 1. The van der Waals surface area contributed by atoms with Gasteiger partial charge in [0.25, 0.3) is 5.69 Å². The van der Waals surface area contributed by atoms with Crippen LogP contribution in [0.15, 0.2) is 30.3 Å². The average Bonchev–Trinajstić information content (AvgIpc) is 2.61. The monoisotopic (exact) mass is 360 g/mol. The number of rotatable bonds is 5. The summed E-state index contributed by atoms with van der Waals surface area (Å²) in [6, 6.07) is 6.21. The molecule has 0 fully saturated rings. The SMILES string of the molecule is COC(=O)c1cc(F)cc([N+](=O)[O-])c1C(=O)Cc1ccc(C#N)cc1F. The van der Waals surface area contributed by atoms with Crippen molar-refractivity contribution >= 4 is 17.4 Å². The van der Waals surface area contributed by atoms with Crippen molar-refractivity contribution in [2.45, 2.75) is 6.42 Å². The molecule has 0 unspecified atom stereocenters. The number of halogens is 2. The van der Waals surface area contributed by atoms with Crippen molar-refractivity contribution < 1.29 is 28.0 Å². The van der Waals surface area contributed by atoms with Crippen LogP contribution in [0.5, 0.6) is 0 Å². The zero-order chi connectivity index (χ0) is 19.4. The number of nitrogens with zero attached hydrogens (tertiary/aromatic N) is 2. The van der Waals surface area contributed by atoms with E-state index >= 15 is 0 Å². The molecule has 0 saturated carbocycles. The molecule has 0 amide bonds. The van der Waals surface area contributed by atoms with Crippen molar-refractivity contribution in [2.24, 2.45) is 0 Å². The molecule has 26 heavy (non-hydrogen) atoms. The van der Waals surface area contributed by atoms with E-state index in [2.05, 4.69) is 4.74 Å². The fraction of sp³-hybridized carbons (Fsp3) is 0.118. The summed E-state index contributed by atoms with van der Waals surface area (Å²) in [5.74, 6) is -4.07. The van der Waals surface area contributed by atoms with E-state index in [1.54, 1.807) is 6.07 Å². The number of benzene rings is 2. The third kappa shape index (κ3) is 3.70. The normalized spacial score (nSPS) is 10.1. The summed E-state index contributed by atoms with van der Waals surface area (Å²) < 4.78 is 32.0. The Labute approximate surface area is 145 Å². The van der Waals surface area contributed by atoms with Crippen LogP contribution in [0.4, 0.5) is 14.5 Å². The number of carbonyl (C=O) groups excluding carboxylic acids is 2. The second-order valence-corrected chi connectivity index (χ2v) is 5.11. The van der Waals surface area contributed by atoms with Gasteiger partial charge in [-0.15, -0.1) is 0 Å². The zero-order valence-electron chi connectivity index (χ0n) is 13.3. The Morgan fingerprint density at radius 2 is 1.96 bits per heavy atom. The van der Waals surface area contributed by atoms with Crippen LogP contribution in [0.2, 0.25) is 0 Å². The summed E-state index contributed by atoms with van der Waals surface area (Å²) in [6.45, 7) is 0. The van der Waals surface area contributed by atoms with E-state index in [-0.39, 0.29) is 11.1 Å². The van der Waals surface area contributed by atoms with Gasteiger partial charge in [0.1, 0.15) is 17.2 Å². The molecule has 0 radical (unpaired) electrons. The van der Waals surface area contributed by atoms with Gasteiger partial charge >= 0.3 is 5.97 Å². The summed E-state index contributed by atoms with van der Waals surface area (Å²) in [6.07, 6.45) is -0.631. The summed E-state index contributed by atoms with van der Waals surface area (Å²) in [4.78, 5) is 34.5. The third-order valence-corrected chi connectivity index (χ3v) is 3.50. The van der Waals surface area contributed by atoms with Gasteiger partial charge in [0.2, 0.25) is 0 Å². The fourth-order valence-electron chi connectivity index (χ4n) is 2.32. The summed E-state index contributed by atoms with van der Waals surface area (Å²) in [5, 5.41) is 19.9. The largest absolute Gasteiger partial charge is 0.465 e. The molecule has 2 aromatic rings. The quantitative estimate of drug-likeness (QED) is 0.351. The Bertz CT molecular complexity index is 966. The highest BCUT2D eigenvalue weighted by Crippen LogP contribution is 2.27. The van der Waals surface area contributed by atoms with Crippen LogP contribution in [-0.2, 0) is 11.2 Å². The topological polar surface area (TPSA) is 110 Å². The Morgan fingerprint density at radius 3 is 2.50 bits per heavy atom. The molecular formula is C17H10F2N2O5. The number of nitriles is 1. The maximum atomic E-state index is 14.0. The van der Waals surface area contributed by atoms with Crippen molar-refractivity contribution in [1.29, 1.82) is 5.26 Å². The molecule has 7 nitrogen and oxygen atoms in total. The van der Waals surface area contributed by atoms with Gasteiger partial charge in [0.05, 0.1) is 35.3 Å². The van der Waals surface area contributed by atoms with Crippen molar-refractivity contribution in [3.63, 3.8) is 0 Å². The first-order valence-electron chi connectivity index (χ1n) is 7.06. The second kappa shape index (κ2) is 7.48. The van der Waals surface area contributed by atoms with Gasteiger partial charge in [-0.3, -0.25) is 14.9 Å². The minimum Gasteiger partial charge on any atom is -0.465 e. The lowest BCUT2D eigenvalue weighted by molar-refractivity contribution is -0.385. The van der Waals surface area contributed by atoms with Crippen LogP contribution >= 0.6 is 0 Å². The van der Waals surface area contributed by atoms with Crippen LogP contribution in [0.25, 0.3) is 0 Å². The first-order chi connectivity index (χ1) is 12.3. The maximum absolute atomic E-state index is 14.0. The van der Waals surface area contributed by atoms with Crippen LogP contribution in [0, 0.1) is 33.1 Å². The van der Waals surface area contributed by atoms with Crippen molar-refractivity contribution in [3.05, 3.63) is 74.3 Å². The molecule has 2 rings (SSSR count). The summed E-state index contributed by atoms with van der Waals surface area (Å²) >= 11 is 0. The molecule has 0 saturated heterocycles. The average molecular weight is 360 g/mol. The highest BCUT2D eigenvalue weighted by atomic mass is 19.1. The fourth-order valence-corrected chi connectivity index (χ4v) is 2.32. The minimum atomic E-state index is -1.14. The number of ether oxygens (including phenoxy) is 1. The molecule has 0 spiro atoms. The van der Waals surface area contributed by atoms with Crippen molar-refractivity contribution in [1.82, 2.24) is 0 Å². The molecule has 0 heterocycles. The van der Waals surface area contributed by atoms with Gasteiger partial charge in [-0.1, -0.05) is 6.07 Å². The van der Waals surface area contributed by atoms with E-state index in [4.69, 9.17) is 5.26 Å². The van der Waals surface area contributed by atoms with Gasteiger partial charge in [-0.25, -0.2) is 13.6 Å². The lowest BCUT2D eigenvalue weighted by atomic mass is 9.96. The minimum absolute atomic E-state index is 0.0294. The van der Waals surface area contributed by atoms with Crippen LogP contribution < -0.4 is 0 Å². The standard InChI is InChI=1S/C17H10F2N2O5/c1-26-17(23)12-6-11(18)7-14(21(24)25)16(12)15(22)5-10-3-2-9(8-20)4-13(10)19/h2-4,6-7H,5H2,1H3. The van der Waals surface area contributed by atoms with E-state index in [1.165, 1.54) is 12.1 Å². The highest BCUT2D eigenvalue weighted by molar-refractivity contribution is 6.09. The predicted octanol–water partition coefficient (Wildman–Crippen LogP) is 2.96. The third-order valence-electron chi connectivity index (χ3n) is 3.50.